The van der Waals surface area contributed by atoms with E-state index in [2.05, 4.69) is 45.0 Å². The first-order valence-electron chi connectivity index (χ1n) is 17.2. The molecule has 4 aromatic carbocycles. The van der Waals surface area contributed by atoms with E-state index in [9.17, 15) is 9.90 Å². The highest BCUT2D eigenvalue weighted by Crippen LogP contribution is 2.56. The van der Waals surface area contributed by atoms with Crippen LogP contribution in [-0.4, -0.2) is 42.5 Å². The Hall–Kier alpha value is -3.36. The molecule has 4 atom stereocenters. The highest BCUT2D eigenvalue weighted by atomic mass is 35.5. The zero-order valence-corrected chi connectivity index (χ0v) is 30.9. The van der Waals surface area contributed by atoms with Crippen molar-refractivity contribution in [3.63, 3.8) is 0 Å². The zero-order valence-electron chi connectivity index (χ0n) is 29.1. The molecule has 1 heterocycles. The summed E-state index contributed by atoms with van der Waals surface area (Å²) in [6, 6.07) is 27.4. The molecule has 1 fully saturated rings. The maximum Gasteiger partial charge on any atom is 0.261 e. The number of carbonyl (C=O) groups excluding carboxylic acids is 1. The number of hydrogen-bond acceptors (Lipinski definition) is 3. The maximum atomic E-state index is 15.8. The molecular weight excluding hydrogens is 656 g/mol. The van der Waals surface area contributed by atoms with Crippen molar-refractivity contribution < 1.29 is 23.1 Å². The molecule has 0 saturated heterocycles. The van der Waals surface area contributed by atoms with E-state index in [1.807, 2.05) is 48.2 Å². The first kappa shape index (κ1) is 35.5. The second kappa shape index (κ2) is 13.4. The summed E-state index contributed by atoms with van der Waals surface area (Å²) in [6.45, 7) is 12.3. The summed E-state index contributed by atoms with van der Waals surface area (Å²) in [5.74, 6) is -1.25. The Bertz CT molecular complexity index is 1760. The van der Waals surface area contributed by atoms with Crippen molar-refractivity contribution in [2.75, 3.05) is 6.61 Å². The molecule has 0 bridgehead atoms. The van der Waals surface area contributed by atoms with Gasteiger partial charge in [0.1, 0.15) is 11.6 Å². The van der Waals surface area contributed by atoms with Crippen LogP contribution in [0.15, 0.2) is 91.0 Å². The molecule has 49 heavy (non-hydrogen) atoms. The van der Waals surface area contributed by atoms with E-state index in [-0.39, 0.29) is 52.2 Å². The van der Waals surface area contributed by atoms with Gasteiger partial charge in [-0.15, -0.1) is 0 Å². The molecule has 0 spiro atoms. The molecule has 0 aromatic heterocycles. The number of rotatable bonds is 9. The number of carbonyl (C=O) groups is 1. The molecule has 1 saturated carbocycles. The van der Waals surface area contributed by atoms with Crippen molar-refractivity contribution in [3.05, 3.63) is 130 Å². The van der Waals surface area contributed by atoms with Gasteiger partial charge in [-0.05, 0) is 95.7 Å². The Morgan fingerprint density at radius 3 is 2.04 bits per heavy atom. The van der Waals surface area contributed by atoms with Gasteiger partial charge in [0.25, 0.3) is 8.32 Å². The lowest BCUT2D eigenvalue weighted by atomic mass is 9.83. The molecule has 8 heteroatoms. The van der Waals surface area contributed by atoms with Crippen LogP contribution in [0.1, 0.15) is 82.2 Å². The van der Waals surface area contributed by atoms with Gasteiger partial charge in [0.05, 0.1) is 30.7 Å². The molecule has 0 radical (unpaired) electrons. The smallest absolute Gasteiger partial charge is 0.261 e. The van der Waals surface area contributed by atoms with E-state index in [1.54, 1.807) is 26.0 Å². The van der Waals surface area contributed by atoms with E-state index in [0.29, 0.717) is 18.4 Å². The van der Waals surface area contributed by atoms with Crippen molar-refractivity contribution in [1.82, 2.24) is 4.90 Å². The van der Waals surface area contributed by atoms with Gasteiger partial charge in [0.15, 0.2) is 0 Å². The Morgan fingerprint density at radius 2 is 1.51 bits per heavy atom. The molecule has 6 rings (SSSR count). The van der Waals surface area contributed by atoms with Gasteiger partial charge in [0.2, 0.25) is 5.91 Å². The van der Waals surface area contributed by atoms with Gasteiger partial charge in [-0.3, -0.25) is 4.79 Å². The summed E-state index contributed by atoms with van der Waals surface area (Å²) >= 11 is 6.41. The molecule has 4 aromatic rings. The second-order valence-corrected chi connectivity index (χ2v) is 20.0. The van der Waals surface area contributed by atoms with Gasteiger partial charge in [-0.2, -0.15) is 0 Å². The third-order valence-corrected chi connectivity index (χ3v) is 16.1. The fraction of sp³-hybridized carbons (Fsp3) is 0.390. The lowest BCUT2D eigenvalue weighted by Crippen LogP contribution is -2.67. The van der Waals surface area contributed by atoms with E-state index >= 15 is 8.78 Å². The summed E-state index contributed by atoms with van der Waals surface area (Å²) < 4.78 is 38.2. The lowest BCUT2D eigenvalue weighted by molar-refractivity contribution is -0.137. The molecule has 0 unspecified atom stereocenters. The largest absolute Gasteiger partial charge is 0.405 e. The van der Waals surface area contributed by atoms with Crippen molar-refractivity contribution in [1.29, 1.82) is 0 Å². The van der Waals surface area contributed by atoms with Crippen LogP contribution in [0, 0.1) is 17.6 Å². The van der Waals surface area contributed by atoms with Crippen molar-refractivity contribution in [2.24, 2.45) is 5.92 Å². The summed E-state index contributed by atoms with van der Waals surface area (Å²) in [5, 5.41) is 13.0. The highest BCUT2D eigenvalue weighted by Gasteiger charge is 2.53. The SMILES string of the molecule is C[C@@H]1c2ccc(F)c([C@@H]3C[C@H]3C(C)(C)O)c2C[C@H](CO[Si](c2ccccc2)(c2ccccc2)C(C)(C)C)N1C(=O)Cc1c(F)cccc1Cl. The summed E-state index contributed by atoms with van der Waals surface area (Å²) in [4.78, 5) is 16.2. The first-order chi connectivity index (χ1) is 23.1. The monoisotopic (exact) mass is 701 g/mol. The predicted octanol–water partition coefficient (Wildman–Crippen LogP) is 8.13. The van der Waals surface area contributed by atoms with Gasteiger partial charge in [-0.25, -0.2) is 8.78 Å². The number of amides is 1. The van der Waals surface area contributed by atoms with Crippen LogP contribution in [0.2, 0.25) is 10.1 Å². The molecular formula is C41H46ClF2NO3Si. The third-order valence-electron chi connectivity index (χ3n) is 10.7. The molecule has 1 amide bonds. The maximum absolute atomic E-state index is 15.8. The van der Waals surface area contributed by atoms with E-state index in [0.717, 1.165) is 21.5 Å². The molecule has 4 nitrogen and oxygen atoms in total. The Balaban J connectivity index is 1.45. The summed E-state index contributed by atoms with van der Waals surface area (Å²) in [6.07, 6.45) is 0.859. The number of halogens is 3. The quantitative estimate of drug-likeness (QED) is 0.179. The number of nitrogens with zero attached hydrogens (tertiary/aromatic N) is 1. The standard InChI is InChI=1S/C41H46ClF2NO3Si/c1-26-30-20-21-37(44)39(32-23-34(32)41(5,6)47)31(30)22-27(45(26)38(46)24-33-35(42)18-13-19-36(33)43)25-48-49(40(2,3)4,28-14-9-7-10-15-28)29-16-11-8-12-17-29/h7-21,26-27,32,34,47H,22-25H2,1-6H3/t26-,27-,32-,34-/m1/s1. The highest BCUT2D eigenvalue weighted by molar-refractivity contribution is 6.99. The number of benzene rings is 4. The second-order valence-electron chi connectivity index (χ2n) is 15.3. The first-order valence-corrected chi connectivity index (χ1v) is 19.5. The molecule has 1 aliphatic carbocycles. The molecule has 258 valence electrons. The third kappa shape index (κ3) is 6.63. The number of aliphatic hydroxyl groups is 1. The molecule has 1 aliphatic heterocycles. The Labute approximate surface area is 295 Å². The minimum Gasteiger partial charge on any atom is -0.405 e. The Kier molecular flexibility index (Phi) is 9.70. The zero-order chi connectivity index (χ0) is 35.3. The van der Waals surface area contributed by atoms with Crippen LogP contribution in [0.5, 0.6) is 0 Å². The number of fused-ring (bicyclic) bond motifs is 1. The minimum atomic E-state index is -3.00. The topological polar surface area (TPSA) is 49.8 Å². The van der Waals surface area contributed by atoms with E-state index < -0.39 is 31.8 Å². The van der Waals surface area contributed by atoms with E-state index in [4.69, 9.17) is 16.0 Å². The van der Waals surface area contributed by atoms with Crippen molar-refractivity contribution in [2.45, 2.75) is 89.4 Å². The fourth-order valence-electron chi connectivity index (χ4n) is 8.25. The average Bonchev–Trinajstić information content (AvgIpc) is 3.85. The normalized spacial score (nSPS) is 21.0. The fourth-order valence-corrected chi connectivity index (χ4v) is 13.1. The van der Waals surface area contributed by atoms with Crippen LogP contribution in [-0.2, 0) is 22.1 Å². The van der Waals surface area contributed by atoms with Crippen LogP contribution in [0.25, 0.3) is 0 Å². The van der Waals surface area contributed by atoms with Crippen LogP contribution >= 0.6 is 11.6 Å². The van der Waals surface area contributed by atoms with Crippen molar-refractivity contribution in [3.8, 4) is 0 Å². The van der Waals surface area contributed by atoms with Gasteiger partial charge >= 0.3 is 0 Å². The molecule has 1 N–H and O–H groups in total. The van der Waals surface area contributed by atoms with Gasteiger partial charge in [0, 0.05) is 10.6 Å². The molecule has 2 aliphatic rings. The lowest BCUT2D eigenvalue weighted by Gasteiger charge is -2.47. The van der Waals surface area contributed by atoms with Gasteiger partial charge < -0.3 is 14.4 Å². The summed E-state index contributed by atoms with van der Waals surface area (Å²) in [7, 11) is -3.00. The van der Waals surface area contributed by atoms with Crippen LogP contribution in [0.3, 0.4) is 0 Å². The minimum absolute atomic E-state index is 0.0570. The van der Waals surface area contributed by atoms with Gasteiger partial charge in [-0.1, -0.05) is 105 Å². The summed E-state index contributed by atoms with van der Waals surface area (Å²) in [5.41, 5.74) is 1.61. The van der Waals surface area contributed by atoms with Crippen molar-refractivity contribution >= 4 is 36.2 Å². The average molecular weight is 702 g/mol. The van der Waals surface area contributed by atoms with Crippen LogP contribution < -0.4 is 10.4 Å². The van der Waals surface area contributed by atoms with Crippen LogP contribution in [0.4, 0.5) is 8.78 Å². The predicted molar refractivity (Wildman–Crippen MR) is 195 cm³/mol. The Morgan fingerprint density at radius 1 is 0.898 bits per heavy atom. The number of hydrogen-bond donors (Lipinski definition) is 1. The van der Waals surface area contributed by atoms with E-state index in [1.165, 1.54) is 18.2 Å².